The molecule has 2 aromatic heterocycles. The summed E-state index contributed by atoms with van der Waals surface area (Å²) in [5.74, 6) is 1.35. The van der Waals surface area contributed by atoms with E-state index in [2.05, 4.69) is 9.97 Å². The van der Waals surface area contributed by atoms with Crippen LogP contribution in [0.5, 0.6) is 5.75 Å². The molecule has 27 heavy (non-hydrogen) atoms. The third-order valence-corrected chi connectivity index (χ3v) is 5.30. The summed E-state index contributed by atoms with van der Waals surface area (Å²) in [6.07, 6.45) is 0. The molecule has 0 aliphatic heterocycles. The zero-order chi connectivity index (χ0) is 19.0. The van der Waals surface area contributed by atoms with E-state index in [1.165, 1.54) is 11.3 Å². The van der Waals surface area contributed by atoms with Crippen LogP contribution in [0.3, 0.4) is 0 Å². The van der Waals surface area contributed by atoms with Crippen molar-refractivity contribution in [2.75, 3.05) is 12.8 Å². The number of carbonyl (C=O) groups is 1. The molecule has 0 saturated carbocycles. The SMILES string of the molecule is COc1ccccc1C(=O)c1cc2c(N)nc(-c3cccc(C)c3)nc2s1. The predicted molar refractivity (Wildman–Crippen MR) is 108 cm³/mol. The van der Waals surface area contributed by atoms with Crippen LogP contribution in [-0.4, -0.2) is 22.9 Å². The summed E-state index contributed by atoms with van der Waals surface area (Å²) in [6, 6.07) is 16.8. The van der Waals surface area contributed by atoms with Gasteiger partial charge in [0.25, 0.3) is 0 Å². The van der Waals surface area contributed by atoms with Crippen LogP contribution in [0.25, 0.3) is 21.6 Å². The number of para-hydroxylation sites is 1. The predicted octanol–water partition coefficient (Wildman–Crippen LogP) is 4.49. The Labute approximate surface area is 160 Å². The van der Waals surface area contributed by atoms with Crippen LogP contribution < -0.4 is 10.5 Å². The van der Waals surface area contributed by atoms with Gasteiger partial charge in [0.15, 0.2) is 5.82 Å². The van der Waals surface area contributed by atoms with Crippen molar-refractivity contribution < 1.29 is 9.53 Å². The van der Waals surface area contributed by atoms with Gasteiger partial charge in [-0.05, 0) is 31.2 Å². The molecule has 0 fully saturated rings. The van der Waals surface area contributed by atoms with Crippen LogP contribution in [-0.2, 0) is 0 Å². The normalized spacial score (nSPS) is 10.9. The van der Waals surface area contributed by atoms with Crippen molar-refractivity contribution in [2.45, 2.75) is 6.92 Å². The number of aromatic nitrogens is 2. The van der Waals surface area contributed by atoms with Gasteiger partial charge in [0.1, 0.15) is 16.4 Å². The molecule has 134 valence electrons. The highest BCUT2D eigenvalue weighted by atomic mass is 32.1. The van der Waals surface area contributed by atoms with Crippen molar-refractivity contribution in [1.29, 1.82) is 0 Å². The van der Waals surface area contributed by atoms with E-state index in [0.29, 0.717) is 38.0 Å². The second kappa shape index (κ2) is 6.81. The molecule has 0 saturated heterocycles. The molecular formula is C21H17N3O2S. The molecule has 0 bridgehead atoms. The Kier molecular flexibility index (Phi) is 4.33. The number of benzene rings is 2. The zero-order valence-electron chi connectivity index (χ0n) is 14.9. The smallest absolute Gasteiger partial charge is 0.206 e. The number of ketones is 1. The van der Waals surface area contributed by atoms with E-state index in [9.17, 15) is 4.79 Å². The highest BCUT2D eigenvalue weighted by molar-refractivity contribution is 7.20. The number of rotatable bonds is 4. The molecule has 4 aromatic rings. The monoisotopic (exact) mass is 375 g/mol. The van der Waals surface area contributed by atoms with E-state index in [4.69, 9.17) is 10.5 Å². The lowest BCUT2D eigenvalue weighted by atomic mass is 10.1. The van der Waals surface area contributed by atoms with Crippen LogP contribution in [0.2, 0.25) is 0 Å². The third-order valence-electron chi connectivity index (χ3n) is 4.27. The van der Waals surface area contributed by atoms with Crippen molar-refractivity contribution >= 4 is 33.2 Å². The largest absolute Gasteiger partial charge is 0.496 e. The molecule has 0 unspecified atom stereocenters. The first-order chi connectivity index (χ1) is 13.1. The second-order valence-corrected chi connectivity index (χ2v) is 7.19. The molecule has 5 nitrogen and oxygen atoms in total. The maximum atomic E-state index is 12.9. The summed E-state index contributed by atoms with van der Waals surface area (Å²) < 4.78 is 5.31. The van der Waals surface area contributed by atoms with Crippen LogP contribution in [0.4, 0.5) is 5.82 Å². The Morgan fingerprint density at radius 1 is 1.07 bits per heavy atom. The number of aryl methyl sites for hydroxylation is 1. The van der Waals surface area contributed by atoms with Gasteiger partial charge < -0.3 is 10.5 Å². The van der Waals surface area contributed by atoms with Gasteiger partial charge >= 0.3 is 0 Å². The van der Waals surface area contributed by atoms with Gasteiger partial charge in [0, 0.05) is 5.56 Å². The molecule has 0 aliphatic rings. The number of hydrogen-bond donors (Lipinski definition) is 1. The summed E-state index contributed by atoms with van der Waals surface area (Å²) in [5, 5.41) is 0.689. The van der Waals surface area contributed by atoms with E-state index >= 15 is 0 Å². The number of anilines is 1. The molecule has 0 amide bonds. The standard InChI is InChI=1S/C21H17N3O2S/c1-12-6-5-7-13(10-12)20-23-19(22)15-11-17(27-21(15)24-20)18(25)14-8-3-4-9-16(14)26-2/h3-11H,1-2H3,(H2,22,23,24). The third kappa shape index (κ3) is 3.15. The van der Waals surface area contributed by atoms with Gasteiger partial charge in [-0.1, -0.05) is 35.9 Å². The highest BCUT2D eigenvalue weighted by Crippen LogP contribution is 2.32. The number of thiophene rings is 1. The molecule has 0 radical (unpaired) electrons. The molecule has 2 N–H and O–H groups in total. The van der Waals surface area contributed by atoms with E-state index in [1.54, 1.807) is 25.3 Å². The molecule has 0 atom stereocenters. The molecule has 4 rings (SSSR count). The van der Waals surface area contributed by atoms with Gasteiger partial charge in [0.2, 0.25) is 5.78 Å². The van der Waals surface area contributed by atoms with E-state index in [1.807, 2.05) is 43.3 Å². The van der Waals surface area contributed by atoms with Crippen LogP contribution >= 0.6 is 11.3 Å². The number of nitrogen functional groups attached to an aromatic ring is 1. The Morgan fingerprint density at radius 2 is 1.89 bits per heavy atom. The van der Waals surface area contributed by atoms with Gasteiger partial charge in [-0.15, -0.1) is 11.3 Å². The number of ether oxygens (including phenoxy) is 1. The fourth-order valence-corrected chi connectivity index (χ4v) is 3.93. The second-order valence-electron chi connectivity index (χ2n) is 6.16. The minimum absolute atomic E-state index is 0.119. The van der Waals surface area contributed by atoms with Gasteiger partial charge in [0.05, 0.1) is 22.9 Å². The molecule has 2 aromatic carbocycles. The lowest BCUT2D eigenvalue weighted by Gasteiger charge is -2.05. The number of nitrogens with zero attached hydrogens (tertiary/aromatic N) is 2. The average Bonchev–Trinajstić information content (AvgIpc) is 3.12. The van der Waals surface area contributed by atoms with Gasteiger partial charge in [-0.3, -0.25) is 4.79 Å². The Morgan fingerprint density at radius 3 is 2.67 bits per heavy atom. The van der Waals surface area contributed by atoms with E-state index < -0.39 is 0 Å². The molecule has 0 aliphatic carbocycles. The van der Waals surface area contributed by atoms with Crippen molar-refractivity contribution in [1.82, 2.24) is 9.97 Å². The van der Waals surface area contributed by atoms with Crippen LogP contribution in [0.15, 0.2) is 54.6 Å². The number of fused-ring (bicyclic) bond motifs is 1. The van der Waals surface area contributed by atoms with Crippen molar-refractivity contribution in [3.8, 4) is 17.1 Å². The molecular weight excluding hydrogens is 358 g/mol. The zero-order valence-corrected chi connectivity index (χ0v) is 15.7. The lowest BCUT2D eigenvalue weighted by molar-refractivity contribution is 0.103. The number of carbonyl (C=O) groups excluding carboxylic acids is 1. The Hall–Kier alpha value is -3.25. The van der Waals surface area contributed by atoms with Crippen molar-refractivity contribution in [3.63, 3.8) is 0 Å². The fourth-order valence-electron chi connectivity index (χ4n) is 2.93. The number of hydrogen-bond acceptors (Lipinski definition) is 6. The van der Waals surface area contributed by atoms with Crippen molar-refractivity contribution in [3.05, 3.63) is 70.6 Å². The topological polar surface area (TPSA) is 78.1 Å². The lowest BCUT2D eigenvalue weighted by Crippen LogP contribution is -2.01. The number of methoxy groups -OCH3 is 1. The van der Waals surface area contributed by atoms with Gasteiger partial charge in [-0.25, -0.2) is 9.97 Å². The van der Waals surface area contributed by atoms with E-state index in [0.717, 1.165) is 11.1 Å². The summed E-state index contributed by atoms with van der Waals surface area (Å²) in [6.45, 7) is 2.01. The summed E-state index contributed by atoms with van der Waals surface area (Å²) >= 11 is 1.31. The minimum Gasteiger partial charge on any atom is -0.496 e. The Bertz CT molecular complexity index is 1170. The molecule has 0 spiro atoms. The van der Waals surface area contributed by atoms with E-state index in [-0.39, 0.29) is 5.78 Å². The number of nitrogens with two attached hydrogens (primary N) is 1. The summed E-state index contributed by atoms with van der Waals surface area (Å²) in [5.41, 5.74) is 8.69. The first kappa shape index (κ1) is 17.2. The minimum atomic E-state index is -0.119. The first-order valence-electron chi connectivity index (χ1n) is 8.38. The summed E-state index contributed by atoms with van der Waals surface area (Å²) in [7, 11) is 1.55. The van der Waals surface area contributed by atoms with Crippen molar-refractivity contribution in [2.24, 2.45) is 0 Å². The maximum absolute atomic E-state index is 12.9. The van der Waals surface area contributed by atoms with Crippen LogP contribution in [0, 0.1) is 6.92 Å². The quantitative estimate of drug-likeness (QED) is 0.532. The first-order valence-corrected chi connectivity index (χ1v) is 9.20. The fraction of sp³-hybridized carbons (Fsp3) is 0.0952. The maximum Gasteiger partial charge on any atom is 0.206 e. The average molecular weight is 375 g/mol. The highest BCUT2D eigenvalue weighted by Gasteiger charge is 2.19. The summed E-state index contributed by atoms with van der Waals surface area (Å²) in [4.78, 5) is 23.3. The van der Waals surface area contributed by atoms with Gasteiger partial charge in [-0.2, -0.15) is 0 Å². The molecule has 6 heteroatoms. The van der Waals surface area contributed by atoms with Crippen LogP contribution in [0.1, 0.15) is 20.8 Å². The Balaban J connectivity index is 1.81. The molecule has 2 heterocycles.